The molecule has 0 unspecified atom stereocenters. The normalized spacial score (nSPS) is 10.8. The van der Waals surface area contributed by atoms with Gasteiger partial charge < -0.3 is 9.09 Å². The Kier molecular flexibility index (Phi) is 3.24. The molecule has 0 fully saturated rings. The summed E-state index contributed by atoms with van der Waals surface area (Å²) >= 11 is 0. The van der Waals surface area contributed by atoms with Crippen molar-refractivity contribution in [2.75, 3.05) is 0 Å². The highest BCUT2D eigenvalue weighted by molar-refractivity contribution is 5.61. The molecule has 0 aliphatic rings. The van der Waals surface area contributed by atoms with Gasteiger partial charge in [-0.1, -0.05) is 17.3 Å². The van der Waals surface area contributed by atoms with Crippen LogP contribution in [0.3, 0.4) is 0 Å². The molecule has 0 aliphatic carbocycles. The summed E-state index contributed by atoms with van der Waals surface area (Å²) in [6.45, 7) is 0. The van der Waals surface area contributed by atoms with Gasteiger partial charge in [0.1, 0.15) is 5.82 Å². The van der Waals surface area contributed by atoms with Gasteiger partial charge in [-0.2, -0.15) is 4.98 Å². The number of hydrogen-bond acceptors (Lipinski definition) is 3. The van der Waals surface area contributed by atoms with Crippen molar-refractivity contribution < 1.29 is 8.91 Å². The van der Waals surface area contributed by atoms with Crippen LogP contribution in [-0.4, -0.2) is 14.7 Å². The zero-order valence-electron chi connectivity index (χ0n) is 12.1. The Balaban J connectivity index is 1.66. The van der Waals surface area contributed by atoms with Gasteiger partial charge in [-0.15, -0.1) is 0 Å². The molecule has 0 radical (unpaired) electrons. The Hall–Kier alpha value is -3.21. The van der Waals surface area contributed by atoms with Crippen LogP contribution in [0, 0.1) is 5.82 Å². The highest BCUT2D eigenvalue weighted by Gasteiger charge is 2.13. The van der Waals surface area contributed by atoms with E-state index in [1.807, 2.05) is 53.4 Å². The molecule has 0 aliphatic heterocycles. The van der Waals surface area contributed by atoms with Crippen molar-refractivity contribution >= 4 is 0 Å². The van der Waals surface area contributed by atoms with E-state index in [0.29, 0.717) is 11.4 Å². The van der Waals surface area contributed by atoms with Gasteiger partial charge in [-0.3, -0.25) is 0 Å². The molecule has 0 bridgehead atoms. The molecule has 2 aromatic carbocycles. The van der Waals surface area contributed by atoms with Crippen LogP contribution in [-0.2, 0) is 0 Å². The highest BCUT2D eigenvalue weighted by atomic mass is 19.1. The van der Waals surface area contributed by atoms with Crippen molar-refractivity contribution in [2.45, 2.75) is 0 Å². The van der Waals surface area contributed by atoms with E-state index in [9.17, 15) is 4.39 Å². The molecule has 4 nitrogen and oxygen atoms in total. The lowest BCUT2D eigenvalue weighted by Gasteiger charge is -2.02. The van der Waals surface area contributed by atoms with Gasteiger partial charge in [-0.05, 0) is 48.5 Å². The van der Waals surface area contributed by atoms with Crippen LogP contribution in [0.25, 0.3) is 28.5 Å². The zero-order valence-corrected chi connectivity index (χ0v) is 12.1. The number of nitrogens with zero attached hydrogens (tertiary/aromatic N) is 3. The lowest BCUT2D eigenvalue weighted by molar-refractivity contribution is 0.429. The molecule has 0 spiro atoms. The van der Waals surface area contributed by atoms with Gasteiger partial charge >= 0.3 is 0 Å². The molecule has 0 saturated heterocycles. The first-order valence-electron chi connectivity index (χ1n) is 7.14. The maximum Gasteiger partial charge on any atom is 0.261 e. The van der Waals surface area contributed by atoms with Crippen LogP contribution in [0.4, 0.5) is 4.39 Å². The van der Waals surface area contributed by atoms with Crippen molar-refractivity contribution in [1.82, 2.24) is 14.7 Å². The van der Waals surface area contributed by atoms with Gasteiger partial charge in [0.15, 0.2) is 0 Å². The second-order valence-corrected chi connectivity index (χ2v) is 5.04. The fourth-order valence-corrected chi connectivity index (χ4v) is 2.37. The quantitative estimate of drug-likeness (QED) is 0.566. The first-order valence-corrected chi connectivity index (χ1v) is 7.14. The van der Waals surface area contributed by atoms with E-state index < -0.39 is 0 Å². The molecule has 5 heteroatoms. The van der Waals surface area contributed by atoms with E-state index in [1.165, 1.54) is 6.07 Å². The second-order valence-electron chi connectivity index (χ2n) is 5.04. The van der Waals surface area contributed by atoms with Gasteiger partial charge in [0.2, 0.25) is 5.82 Å². The summed E-state index contributed by atoms with van der Waals surface area (Å²) in [4.78, 5) is 4.28. The SMILES string of the molecule is Fc1ccccc1-c1nc(-c2ccc(-n3cccc3)cc2)no1. The molecular formula is C18H12FN3O. The summed E-state index contributed by atoms with van der Waals surface area (Å²) in [5.41, 5.74) is 2.15. The fraction of sp³-hybridized carbons (Fsp3) is 0. The van der Waals surface area contributed by atoms with E-state index >= 15 is 0 Å². The molecular weight excluding hydrogens is 293 g/mol. The lowest BCUT2D eigenvalue weighted by atomic mass is 10.2. The van der Waals surface area contributed by atoms with Gasteiger partial charge in [0.25, 0.3) is 5.89 Å². The van der Waals surface area contributed by atoms with E-state index in [0.717, 1.165) is 11.3 Å². The molecule has 4 aromatic rings. The average molecular weight is 305 g/mol. The first kappa shape index (κ1) is 13.5. The summed E-state index contributed by atoms with van der Waals surface area (Å²) in [6, 6.07) is 18.0. The second kappa shape index (κ2) is 5.53. The van der Waals surface area contributed by atoms with E-state index in [2.05, 4.69) is 10.1 Å². The van der Waals surface area contributed by atoms with E-state index in [4.69, 9.17) is 4.52 Å². The van der Waals surface area contributed by atoms with Gasteiger partial charge in [0, 0.05) is 23.6 Å². The summed E-state index contributed by atoms with van der Waals surface area (Å²) in [7, 11) is 0. The van der Waals surface area contributed by atoms with Gasteiger partial charge in [-0.25, -0.2) is 4.39 Å². The third-order valence-corrected chi connectivity index (χ3v) is 3.56. The molecule has 112 valence electrons. The fourth-order valence-electron chi connectivity index (χ4n) is 2.37. The molecule has 0 amide bonds. The predicted octanol–water partition coefficient (Wildman–Crippen LogP) is 4.33. The molecule has 0 saturated carbocycles. The van der Waals surface area contributed by atoms with Crippen molar-refractivity contribution in [3.05, 3.63) is 78.9 Å². The minimum atomic E-state index is -0.384. The van der Waals surface area contributed by atoms with E-state index in [1.54, 1.807) is 18.2 Å². The number of aromatic nitrogens is 3. The number of halogens is 1. The van der Waals surface area contributed by atoms with Crippen LogP contribution < -0.4 is 0 Å². The Morgan fingerprint density at radius 2 is 1.61 bits per heavy atom. The Labute approximate surface area is 131 Å². The molecule has 4 rings (SSSR count). The van der Waals surface area contributed by atoms with Crippen LogP contribution in [0.2, 0.25) is 0 Å². The van der Waals surface area contributed by atoms with Crippen LogP contribution in [0.5, 0.6) is 0 Å². The van der Waals surface area contributed by atoms with Crippen molar-refractivity contribution in [2.24, 2.45) is 0 Å². The van der Waals surface area contributed by atoms with Gasteiger partial charge in [0.05, 0.1) is 5.56 Å². The summed E-state index contributed by atoms with van der Waals surface area (Å²) in [5, 5.41) is 3.94. The van der Waals surface area contributed by atoms with Crippen LogP contribution in [0.15, 0.2) is 77.6 Å². The summed E-state index contributed by atoms with van der Waals surface area (Å²) < 4.78 is 21.0. The monoisotopic (exact) mass is 305 g/mol. The number of hydrogen-bond donors (Lipinski definition) is 0. The number of benzene rings is 2. The molecule has 2 heterocycles. The van der Waals surface area contributed by atoms with Crippen molar-refractivity contribution in [3.63, 3.8) is 0 Å². The first-order chi connectivity index (χ1) is 11.3. The number of rotatable bonds is 3. The minimum Gasteiger partial charge on any atom is -0.334 e. The summed E-state index contributed by atoms with van der Waals surface area (Å²) in [6.07, 6.45) is 3.94. The lowest BCUT2D eigenvalue weighted by Crippen LogP contribution is -1.89. The summed E-state index contributed by atoms with van der Waals surface area (Å²) in [5.74, 6) is 0.223. The van der Waals surface area contributed by atoms with E-state index in [-0.39, 0.29) is 11.7 Å². The third-order valence-electron chi connectivity index (χ3n) is 3.56. The maximum absolute atomic E-state index is 13.8. The Bertz CT molecular complexity index is 927. The molecule has 0 N–H and O–H groups in total. The predicted molar refractivity (Wildman–Crippen MR) is 84.5 cm³/mol. The smallest absolute Gasteiger partial charge is 0.261 e. The largest absolute Gasteiger partial charge is 0.334 e. The van der Waals surface area contributed by atoms with Crippen LogP contribution in [0.1, 0.15) is 0 Å². The zero-order chi connectivity index (χ0) is 15.6. The molecule has 2 aromatic heterocycles. The Morgan fingerprint density at radius 1 is 0.870 bits per heavy atom. The van der Waals surface area contributed by atoms with Crippen molar-refractivity contribution in [1.29, 1.82) is 0 Å². The molecule has 23 heavy (non-hydrogen) atoms. The molecule has 0 atom stereocenters. The Morgan fingerprint density at radius 3 is 2.35 bits per heavy atom. The third kappa shape index (κ3) is 2.53. The minimum absolute atomic E-state index is 0.174. The van der Waals surface area contributed by atoms with Crippen molar-refractivity contribution in [3.8, 4) is 28.5 Å². The average Bonchev–Trinajstić information content (AvgIpc) is 3.27. The standard InChI is InChI=1S/C18H12FN3O/c19-16-6-2-1-5-15(16)18-20-17(21-23-18)13-7-9-14(10-8-13)22-11-3-4-12-22/h1-12H. The topological polar surface area (TPSA) is 43.9 Å². The maximum atomic E-state index is 13.8. The van der Waals surface area contributed by atoms with Crippen LogP contribution >= 0.6 is 0 Å². The highest BCUT2D eigenvalue weighted by Crippen LogP contribution is 2.24.